The number of rotatable bonds is 3. The van der Waals surface area contributed by atoms with Crippen LogP contribution in [-0.4, -0.2) is 18.9 Å². The number of carbonyl (C=O) groups excluding carboxylic acids is 2. The van der Waals surface area contributed by atoms with Gasteiger partial charge in [-0.05, 0) is 19.1 Å². The highest BCUT2D eigenvalue weighted by Crippen LogP contribution is 2.17. The molecule has 0 saturated carbocycles. The molecule has 0 aromatic heterocycles. The van der Waals surface area contributed by atoms with E-state index in [0.29, 0.717) is 0 Å². The first-order valence-electron chi connectivity index (χ1n) is 4.50. The van der Waals surface area contributed by atoms with Crippen LogP contribution in [0.3, 0.4) is 0 Å². The molecule has 0 aliphatic carbocycles. The molecule has 1 aromatic carbocycles. The molecule has 0 saturated heterocycles. The fourth-order valence-corrected chi connectivity index (χ4v) is 1.18. The van der Waals surface area contributed by atoms with Gasteiger partial charge in [0, 0.05) is 0 Å². The zero-order valence-electron chi connectivity index (χ0n) is 8.49. The molecule has 0 bridgehead atoms. The summed E-state index contributed by atoms with van der Waals surface area (Å²) in [6, 6.07) is 4.02. The Morgan fingerprint density at radius 2 is 2.31 bits per heavy atom. The number of esters is 1. The smallest absolute Gasteiger partial charge is 0.342 e. The van der Waals surface area contributed by atoms with Crippen LogP contribution in [0.15, 0.2) is 12.1 Å². The summed E-state index contributed by atoms with van der Waals surface area (Å²) in [6.07, 6.45) is 0.277. The molecule has 4 nitrogen and oxygen atoms in total. The lowest BCUT2D eigenvalue weighted by Crippen LogP contribution is -2.11. The van der Waals surface area contributed by atoms with E-state index in [1.165, 1.54) is 6.07 Å². The standard InChI is InChI=1S/C11H8FNO3/c1-2-16-11(15)9-7(5-13)3-4-8(6-14)10(9)12/h3-4,6H,2H2,1H3. The normalized spacial score (nSPS) is 9.31. The summed E-state index contributed by atoms with van der Waals surface area (Å²) < 4.78 is 18.2. The van der Waals surface area contributed by atoms with Crippen molar-refractivity contribution in [2.45, 2.75) is 6.92 Å². The summed E-state index contributed by atoms with van der Waals surface area (Å²) in [7, 11) is 0. The zero-order valence-corrected chi connectivity index (χ0v) is 8.49. The van der Waals surface area contributed by atoms with E-state index in [9.17, 15) is 14.0 Å². The molecular weight excluding hydrogens is 213 g/mol. The Morgan fingerprint density at radius 1 is 1.62 bits per heavy atom. The van der Waals surface area contributed by atoms with Crippen molar-refractivity contribution in [2.24, 2.45) is 0 Å². The number of ether oxygens (including phenoxy) is 1. The van der Waals surface area contributed by atoms with Gasteiger partial charge in [0.05, 0.1) is 17.7 Å². The SMILES string of the molecule is CCOC(=O)c1c(C#N)ccc(C=O)c1F. The predicted octanol–water partition coefficient (Wildman–Crippen LogP) is 1.69. The molecule has 0 spiro atoms. The highest BCUT2D eigenvalue weighted by atomic mass is 19.1. The molecule has 0 fully saturated rings. The van der Waals surface area contributed by atoms with Crippen LogP contribution in [0.2, 0.25) is 0 Å². The Morgan fingerprint density at radius 3 is 2.81 bits per heavy atom. The molecule has 0 aliphatic rings. The van der Waals surface area contributed by atoms with Gasteiger partial charge in [-0.3, -0.25) is 4.79 Å². The van der Waals surface area contributed by atoms with Crippen LogP contribution in [0, 0.1) is 17.1 Å². The molecule has 0 radical (unpaired) electrons. The van der Waals surface area contributed by atoms with Crippen LogP contribution in [0.4, 0.5) is 4.39 Å². The number of hydrogen-bond donors (Lipinski definition) is 0. The van der Waals surface area contributed by atoms with E-state index < -0.39 is 17.3 Å². The van der Waals surface area contributed by atoms with Crippen LogP contribution in [0.25, 0.3) is 0 Å². The van der Waals surface area contributed by atoms with Crippen molar-refractivity contribution >= 4 is 12.3 Å². The summed E-state index contributed by atoms with van der Waals surface area (Å²) in [5.41, 5.74) is -0.919. The molecule has 0 N–H and O–H groups in total. The Labute approximate surface area is 91.3 Å². The average molecular weight is 221 g/mol. The molecule has 0 aliphatic heterocycles. The number of aldehydes is 1. The average Bonchev–Trinajstić information content (AvgIpc) is 2.28. The van der Waals surface area contributed by atoms with E-state index in [2.05, 4.69) is 4.74 Å². The summed E-state index contributed by atoms with van der Waals surface area (Å²) >= 11 is 0. The van der Waals surface area contributed by atoms with Crippen molar-refractivity contribution in [3.8, 4) is 6.07 Å². The molecule has 0 atom stereocenters. The number of nitrogens with zero attached hydrogens (tertiary/aromatic N) is 1. The quantitative estimate of drug-likeness (QED) is 0.575. The van der Waals surface area contributed by atoms with Gasteiger partial charge >= 0.3 is 5.97 Å². The molecule has 82 valence electrons. The van der Waals surface area contributed by atoms with Gasteiger partial charge in [0.2, 0.25) is 0 Å². The third kappa shape index (κ3) is 2.06. The second-order valence-electron chi connectivity index (χ2n) is 2.84. The molecule has 1 aromatic rings. The van der Waals surface area contributed by atoms with Crippen LogP contribution >= 0.6 is 0 Å². The lowest BCUT2D eigenvalue weighted by molar-refractivity contribution is 0.0520. The number of nitriles is 1. The molecule has 0 amide bonds. The van der Waals surface area contributed by atoms with E-state index in [0.717, 1.165) is 6.07 Å². The van der Waals surface area contributed by atoms with Crippen LogP contribution in [0.1, 0.15) is 33.2 Å². The van der Waals surface area contributed by atoms with E-state index in [1.54, 1.807) is 13.0 Å². The van der Waals surface area contributed by atoms with E-state index in [1.807, 2.05) is 0 Å². The fourth-order valence-electron chi connectivity index (χ4n) is 1.18. The second kappa shape index (κ2) is 5.03. The minimum absolute atomic E-state index is 0.0639. The first-order valence-corrected chi connectivity index (χ1v) is 4.50. The highest BCUT2D eigenvalue weighted by molar-refractivity contribution is 5.94. The maximum absolute atomic E-state index is 13.6. The van der Waals surface area contributed by atoms with Gasteiger partial charge in [0.1, 0.15) is 17.4 Å². The number of hydrogen-bond acceptors (Lipinski definition) is 4. The van der Waals surface area contributed by atoms with Crippen LogP contribution in [0.5, 0.6) is 0 Å². The largest absolute Gasteiger partial charge is 0.462 e. The van der Waals surface area contributed by atoms with Gasteiger partial charge < -0.3 is 4.74 Å². The molecular formula is C11H8FNO3. The van der Waals surface area contributed by atoms with E-state index in [4.69, 9.17) is 5.26 Å². The Kier molecular flexibility index (Phi) is 3.72. The first-order chi connectivity index (χ1) is 7.65. The monoisotopic (exact) mass is 221 g/mol. The van der Waals surface area contributed by atoms with Crippen molar-refractivity contribution in [2.75, 3.05) is 6.61 Å². The van der Waals surface area contributed by atoms with Gasteiger partial charge in [-0.15, -0.1) is 0 Å². The van der Waals surface area contributed by atoms with Crippen molar-refractivity contribution in [1.29, 1.82) is 5.26 Å². The zero-order chi connectivity index (χ0) is 12.1. The molecule has 1 rings (SSSR count). The summed E-state index contributed by atoms with van der Waals surface area (Å²) in [5, 5.41) is 8.71. The highest BCUT2D eigenvalue weighted by Gasteiger charge is 2.20. The van der Waals surface area contributed by atoms with Crippen LogP contribution < -0.4 is 0 Å². The summed E-state index contributed by atoms with van der Waals surface area (Å²) in [6.45, 7) is 1.62. The minimum Gasteiger partial charge on any atom is -0.462 e. The van der Waals surface area contributed by atoms with Crippen LogP contribution in [-0.2, 0) is 4.74 Å². The van der Waals surface area contributed by atoms with Gasteiger partial charge in [0.25, 0.3) is 0 Å². The first kappa shape index (κ1) is 11.9. The molecule has 0 unspecified atom stereocenters. The van der Waals surface area contributed by atoms with Gasteiger partial charge in [-0.2, -0.15) is 5.26 Å². The number of halogens is 1. The maximum atomic E-state index is 13.6. The Balaban J connectivity index is 3.38. The van der Waals surface area contributed by atoms with E-state index >= 15 is 0 Å². The molecule has 16 heavy (non-hydrogen) atoms. The topological polar surface area (TPSA) is 67.2 Å². The minimum atomic E-state index is -1.02. The van der Waals surface area contributed by atoms with Gasteiger partial charge in [-0.25, -0.2) is 9.18 Å². The third-order valence-electron chi connectivity index (χ3n) is 1.90. The van der Waals surface area contributed by atoms with E-state index in [-0.39, 0.29) is 24.0 Å². The summed E-state index contributed by atoms with van der Waals surface area (Å²) in [4.78, 5) is 21.9. The fraction of sp³-hybridized carbons (Fsp3) is 0.182. The lowest BCUT2D eigenvalue weighted by Gasteiger charge is -2.06. The predicted molar refractivity (Wildman–Crippen MR) is 52.5 cm³/mol. The molecule has 0 heterocycles. The molecule has 5 heteroatoms. The van der Waals surface area contributed by atoms with Crippen molar-refractivity contribution in [3.05, 3.63) is 34.6 Å². The maximum Gasteiger partial charge on any atom is 0.342 e. The van der Waals surface area contributed by atoms with Crippen molar-refractivity contribution in [3.63, 3.8) is 0 Å². The number of carbonyl (C=O) groups is 2. The third-order valence-corrected chi connectivity index (χ3v) is 1.90. The second-order valence-corrected chi connectivity index (χ2v) is 2.84. The van der Waals surface area contributed by atoms with Crippen molar-refractivity contribution < 1.29 is 18.7 Å². The number of benzene rings is 1. The lowest BCUT2D eigenvalue weighted by atomic mass is 10.0. The Bertz CT molecular complexity index is 477. The summed E-state index contributed by atoms with van der Waals surface area (Å²) in [5.74, 6) is -1.97. The van der Waals surface area contributed by atoms with Gasteiger partial charge in [-0.1, -0.05) is 0 Å². The van der Waals surface area contributed by atoms with Gasteiger partial charge in [0.15, 0.2) is 6.29 Å². The Hall–Kier alpha value is -2.22. The van der Waals surface area contributed by atoms with Crippen molar-refractivity contribution in [1.82, 2.24) is 0 Å².